The Hall–Kier alpha value is -2.99. The van der Waals surface area contributed by atoms with E-state index in [9.17, 15) is 0 Å². The predicted octanol–water partition coefficient (Wildman–Crippen LogP) is 2.45. The molecule has 5 rings (SSSR count). The molecule has 1 aromatic carbocycles. The lowest BCUT2D eigenvalue weighted by molar-refractivity contribution is 0.254. The molecule has 2 aromatic rings. The van der Waals surface area contributed by atoms with E-state index < -0.39 is 0 Å². The van der Waals surface area contributed by atoms with Gasteiger partial charge in [0.1, 0.15) is 6.04 Å². The van der Waals surface area contributed by atoms with Gasteiger partial charge in [0.2, 0.25) is 0 Å². The summed E-state index contributed by atoms with van der Waals surface area (Å²) in [7, 11) is 1.68. The van der Waals surface area contributed by atoms with Gasteiger partial charge in [0.05, 0.1) is 24.8 Å². The van der Waals surface area contributed by atoms with E-state index in [-0.39, 0.29) is 6.04 Å². The Morgan fingerprint density at radius 1 is 1.17 bits per heavy atom. The number of rotatable bonds is 7. The number of hydrogen-bond donors (Lipinski definition) is 0. The Kier molecular flexibility index (Phi) is 5.32. The second-order valence-corrected chi connectivity index (χ2v) is 7.84. The number of nitrogens with zero attached hydrogens (tertiary/aromatic N) is 4. The largest absolute Gasteiger partial charge is 0.493 e. The van der Waals surface area contributed by atoms with Gasteiger partial charge in [0.25, 0.3) is 0 Å². The van der Waals surface area contributed by atoms with E-state index in [1.807, 2.05) is 36.7 Å². The van der Waals surface area contributed by atoms with Crippen LogP contribution >= 0.6 is 0 Å². The molecular weight excluding hydrogens is 376 g/mol. The Labute approximate surface area is 176 Å². The zero-order chi connectivity index (χ0) is 20.3. The minimum absolute atomic E-state index is 0.111. The quantitative estimate of drug-likeness (QED) is 0.668. The molecule has 1 unspecified atom stereocenters. The number of ether oxygens (including phenoxy) is 2. The first-order chi connectivity index (χ1) is 14.8. The van der Waals surface area contributed by atoms with E-state index in [0.29, 0.717) is 6.61 Å². The molecule has 1 fully saturated rings. The van der Waals surface area contributed by atoms with Crippen LogP contribution in [0.2, 0.25) is 0 Å². The van der Waals surface area contributed by atoms with Gasteiger partial charge < -0.3 is 14.4 Å². The van der Waals surface area contributed by atoms with E-state index in [1.54, 1.807) is 13.3 Å². The molecule has 0 saturated carbocycles. The van der Waals surface area contributed by atoms with Crippen LogP contribution in [0.1, 0.15) is 30.9 Å². The highest BCUT2D eigenvalue weighted by molar-refractivity contribution is 5.86. The van der Waals surface area contributed by atoms with Crippen molar-refractivity contribution in [2.45, 2.75) is 25.3 Å². The summed E-state index contributed by atoms with van der Waals surface area (Å²) in [6.45, 7) is 4.20. The van der Waals surface area contributed by atoms with Gasteiger partial charge in [-0.05, 0) is 56.1 Å². The van der Waals surface area contributed by atoms with Crippen LogP contribution in [0.3, 0.4) is 0 Å². The number of hydrogen-bond acceptors (Lipinski definition) is 6. The highest BCUT2D eigenvalue weighted by atomic mass is 16.5. The van der Waals surface area contributed by atoms with E-state index in [2.05, 4.69) is 16.0 Å². The van der Waals surface area contributed by atoms with Crippen molar-refractivity contribution in [3.05, 3.63) is 64.6 Å². The number of pyridine rings is 1. The molecular formula is C24H26N4O2. The first kappa shape index (κ1) is 19.0. The molecule has 0 radical (unpaired) electrons. The molecule has 6 nitrogen and oxygen atoms in total. The molecule has 1 aromatic heterocycles. The minimum Gasteiger partial charge on any atom is -0.493 e. The summed E-state index contributed by atoms with van der Waals surface area (Å²) in [6.07, 6.45) is 11.1. The maximum Gasteiger partial charge on any atom is 0.163 e. The summed E-state index contributed by atoms with van der Waals surface area (Å²) >= 11 is 0. The van der Waals surface area contributed by atoms with E-state index >= 15 is 0 Å². The van der Waals surface area contributed by atoms with Gasteiger partial charge in [-0.25, -0.2) is 4.99 Å². The Bertz CT molecular complexity index is 1100. The van der Waals surface area contributed by atoms with Crippen molar-refractivity contribution in [2.24, 2.45) is 9.98 Å². The number of aliphatic imine (C=N–C) groups is 1. The average molecular weight is 402 g/mol. The fourth-order valence-corrected chi connectivity index (χ4v) is 4.41. The third kappa shape index (κ3) is 3.63. The average Bonchev–Trinajstić information content (AvgIpc) is 3.43. The van der Waals surface area contributed by atoms with Gasteiger partial charge in [-0.1, -0.05) is 6.07 Å². The summed E-state index contributed by atoms with van der Waals surface area (Å²) in [5, 5.41) is 1.96. The lowest BCUT2D eigenvalue weighted by Crippen LogP contribution is -2.26. The number of allylic oxidation sites excluding steroid dienone is 1. The summed E-state index contributed by atoms with van der Waals surface area (Å²) in [4.78, 5) is 16.3. The molecule has 0 bridgehead atoms. The Morgan fingerprint density at radius 2 is 2.07 bits per heavy atom. The summed E-state index contributed by atoms with van der Waals surface area (Å²) in [6, 6.07) is 7.92. The smallest absolute Gasteiger partial charge is 0.163 e. The molecule has 4 heterocycles. The lowest BCUT2D eigenvalue weighted by atomic mass is 9.95. The van der Waals surface area contributed by atoms with Crippen molar-refractivity contribution in [3.8, 4) is 11.5 Å². The lowest BCUT2D eigenvalue weighted by Gasteiger charge is -2.18. The third-order valence-corrected chi connectivity index (χ3v) is 5.91. The predicted molar refractivity (Wildman–Crippen MR) is 117 cm³/mol. The van der Waals surface area contributed by atoms with Crippen LogP contribution in [0.25, 0.3) is 5.57 Å². The van der Waals surface area contributed by atoms with Crippen molar-refractivity contribution in [1.82, 2.24) is 9.88 Å². The number of aromatic nitrogens is 1. The normalized spacial score (nSPS) is 19.8. The first-order valence-corrected chi connectivity index (χ1v) is 10.6. The highest BCUT2D eigenvalue weighted by Crippen LogP contribution is 2.35. The van der Waals surface area contributed by atoms with Crippen molar-refractivity contribution >= 4 is 11.8 Å². The van der Waals surface area contributed by atoms with Crippen molar-refractivity contribution in [1.29, 1.82) is 0 Å². The number of methoxy groups -OCH3 is 1. The molecule has 6 heteroatoms. The maximum atomic E-state index is 6.10. The molecule has 3 aliphatic rings. The molecule has 0 spiro atoms. The van der Waals surface area contributed by atoms with Crippen LogP contribution in [-0.2, 0) is 0 Å². The van der Waals surface area contributed by atoms with E-state index in [0.717, 1.165) is 51.9 Å². The molecule has 30 heavy (non-hydrogen) atoms. The second kappa shape index (κ2) is 8.40. The van der Waals surface area contributed by atoms with Gasteiger partial charge in [-0.3, -0.25) is 9.98 Å². The number of dihydropyridines is 1. The zero-order valence-electron chi connectivity index (χ0n) is 17.3. The van der Waals surface area contributed by atoms with Crippen LogP contribution in [-0.4, -0.2) is 49.4 Å². The second-order valence-electron chi connectivity index (χ2n) is 7.84. The summed E-state index contributed by atoms with van der Waals surface area (Å²) in [5.74, 6) is 1.48. The topological polar surface area (TPSA) is 59.3 Å². The van der Waals surface area contributed by atoms with Crippen molar-refractivity contribution in [2.75, 3.05) is 33.4 Å². The fraction of sp³-hybridized carbons (Fsp3) is 0.375. The van der Waals surface area contributed by atoms with Crippen LogP contribution in [0.5, 0.6) is 11.5 Å². The number of fused-ring (bicyclic) bond motifs is 2. The standard InChI is InChI=1S/C24H26N4O2/c1-29-21-14-18-20(15-22(21)30-13-5-12-28-10-2-3-11-28)27-19-7-9-26-24(23(18)19)17-6-4-8-25-16-17/h4,6-9,14-16,24H,2-3,5,10-13H2,1H3. The van der Waals surface area contributed by atoms with Crippen LogP contribution in [0, 0.1) is 0 Å². The minimum atomic E-state index is -0.111. The van der Waals surface area contributed by atoms with Crippen molar-refractivity contribution in [3.63, 3.8) is 0 Å². The fourth-order valence-electron chi connectivity index (χ4n) is 4.41. The first-order valence-electron chi connectivity index (χ1n) is 10.6. The third-order valence-electron chi connectivity index (χ3n) is 5.91. The summed E-state index contributed by atoms with van der Waals surface area (Å²) in [5.41, 5.74) is 3.10. The van der Waals surface area contributed by atoms with Gasteiger partial charge in [-0.2, -0.15) is 0 Å². The monoisotopic (exact) mass is 402 g/mol. The highest BCUT2D eigenvalue weighted by Gasteiger charge is 2.26. The van der Waals surface area contributed by atoms with Crippen LogP contribution < -0.4 is 20.0 Å². The van der Waals surface area contributed by atoms with Gasteiger partial charge in [0.15, 0.2) is 11.5 Å². The SMILES string of the molecule is COc1cc2c(cc1OCCCN1CCCC1)=NC1=CC=NC(c3cccnc3)C=21. The molecule has 0 aliphatic carbocycles. The van der Waals surface area contributed by atoms with Crippen molar-refractivity contribution < 1.29 is 9.47 Å². The molecule has 3 aliphatic heterocycles. The maximum absolute atomic E-state index is 6.10. The Balaban J connectivity index is 1.42. The number of likely N-dealkylation sites (tertiary alicyclic amines) is 1. The summed E-state index contributed by atoms with van der Waals surface area (Å²) < 4.78 is 11.8. The van der Waals surface area contributed by atoms with Gasteiger partial charge in [-0.15, -0.1) is 0 Å². The van der Waals surface area contributed by atoms with Gasteiger partial charge in [0, 0.05) is 42.0 Å². The molecule has 1 saturated heterocycles. The van der Waals surface area contributed by atoms with E-state index in [4.69, 9.17) is 19.5 Å². The van der Waals surface area contributed by atoms with Gasteiger partial charge >= 0.3 is 0 Å². The molecule has 1 atom stereocenters. The Morgan fingerprint density at radius 3 is 2.87 bits per heavy atom. The molecule has 154 valence electrons. The van der Waals surface area contributed by atoms with Crippen LogP contribution in [0.15, 0.2) is 58.4 Å². The number of benzene rings is 1. The molecule has 0 amide bonds. The van der Waals surface area contributed by atoms with E-state index in [1.165, 1.54) is 25.9 Å². The molecule has 0 N–H and O–H groups in total. The van der Waals surface area contributed by atoms with Crippen LogP contribution in [0.4, 0.5) is 0 Å². The zero-order valence-corrected chi connectivity index (χ0v) is 17.3.